The third-order valence-electron chi connectivity index (χ3n) is 9.06. The van der Waals surface area contributed by atoms with Crippen molar-refractivity contribution in [2.75, 3.05) is 0 Å². The van der Waals surface area contributed by atoms with Crippen molar-refractivity contribution in [2.45, 2.75) is 102 Å². The predicted molar refractivity (Wildman–Crippen MR) is 147 cm³/mol. The van der Waals surface area contributed by atoms with Crippen LogP contribution in [-0.2, 0) is 35.5 Å². The fourth-order valence-corrected chi connectivity index (χ4v) is 8.43. The van der Waals surface area contributed by atoms with Crippen molar-refractivity contribution in [1.29, 1.82) is 0 Å². The second-order valence-electron chi connectivity index (χ2n) is 14.7. The first kappa shape index (κ1) is 30.9. The zero-order valence-corrected chi connectivity index (χ0v) is 28.3. The van der Waals surface area contributed by atoms with E-state index in [0.717, 1.165) is 3.63 Å². The minimum Gasteiger partial charge on any atom is -1.00 e. The Morgan fingerprint density at radius 1 is 0.730 bits per heavy atom. The van der Waals surface area contributed by atoms with E-state index in [0.29, 0.717) is 5.92 Å². The van der Waals surface area contributed by atoms with Gasteiger partial charge in [-0.05, 0) is 0 Å². The largest absolute Gasteiger partial charge is 1.00 e. The topological polar surface area (TPSA) is 0 Å². The molecule has 37 heavy (non-hydrogen) atoms. The van der Waals surface area contributed by atoms with Crippen molar-refractivity contribution < 1.29 is 49.5 Å². The van der Waals surface area contributed by atoms with Gasteiger partial charge >= 0.3 is 231 Å². The van der Waals surface area contributed by atoms with Gasteiger partial charge in [0.25, 0.3) is 0 Å². The molecule has 3 aliphatic rings. The van der Waals surface area contributed by atoms with Crippen LogP contribution in [0.1, 0.15) is 110 Å². The van der Waals surface area contributed by atoms with Crippen LogP contribution in [-0.4, -0.2) is 0 Å². The summed E-state index contributed by atoms with van der Waals surface area (Å²) < 4.78 is 0.738. The van der Waals surface area contributed by atoms with Crippen LogP contribution in [0.15, 0.2) is 59.2 Å². The summed E-state index contributed by atoms with van der Waals surface area (Å²) >= 11 is 1.68. The van der Waals surface area contributed by atoms with Crippen LogP contribution in [0.25, 0.3) is 11.1 Å². The maximum atomic E-state index is 2.64. The smallest absolute Gasteiger partial charge is 1.00 e. The monoisotopic (exact) mass is 611 g/mol. The van der Waals surface area contributed by atoms with Gasteiger partial charge in [0.1, 0.15) is 0 Å². The van der Waals surface area contributed by atoms with Crippen molar-refractivity contribution in [3.8, 4) is 11.1 Å². The molecule has 0 heterocycles. The van der Waals surface area contributed by atoms with Crippen LogP contribution in [0.3, 0.4) is 0 Å². The molecule has 0 spiro atoms. The molecule has 0 fully saturated rings. The zero-order valence-electron chi connectivity index (χ0n) is 24.4. The Bertz CT molecular complexity index is 1210. The van der Waals surface area contributed by atoms with Gasteiger partial charge in [-0.1, -0.05) is 0 Å². The number of hydrogen-bond acceptors (Lipinski definition) is 0. The molecule has 2 atom stereocenters. The molecule has 2 aromatic rings. The van der Waals surface area contributed by atoms with Gasteiger partial charge in [-0.2, -0.15) is 0 Å². The standard InChI is InChI=1S/C34H43.2ClH.Zr/c1-31(2,3)22-11-13-25-26-14-12-23(32(4,5)6)19-28(26)30(27(25)18-22)34(10)16-15-21-17-24(20-29(21)34)33(7,8)9;;;/h11-15,18-20,30H,16-17H2,1-10H3;2*1H;/q;;;+2/p-2. The van der Waals surface area contributed by atoms with Crippen molar-refractivity contribution in [3.05, 3.63) is 81.4 Å². The SMILES string of the molecule is CC(C)(C)C1=CC2=C(C1)[CH]([Zr+2])CC2(C)C1c2cc(C(C)(C)C)ccc2-c2ccc(C(C)(C)C)cc21.[Cl-].[Cl-]. The van der Waals surface area contributed by atoms with Gasteiger partial charge in [-0.3, -0.25) is 0 Å². The van der Waals surface area contributed by atoms with Gasteiger partial charge in [-0.25, -0.2) is 0 Å². The summed E-state index contributed by atoms with van der Waals surface area (Å²) in [5.41, 5.74) is 14.7. The molecule has 0 saturated heterocycles. The van der Waals surface area contributed by atoms with Crippen molar-refractivity contribution in [2.24, 2.45) is 10.8 Å². The number of fused-ring (bicyclic) bond motifs is 3. The van der Waals surface area contributed by atoms with Gasteiger partial charge < -0.3 is 24.8 Å². The molecule has 0 nitrogen and oxygen atoms in total. The normalized spacial score (nSPS) is 23.2. The third kappa shape index (κ3) is 5.05. The molecule has 2 aromatic carbocycles. The van der Waals surface area contributed by atoms with E-state index in [1.807, 2.05) is 0 Å². The van der Waals surface area contributed by atoms with Crippen LogP contribution in [0.2, 0.25) is 3.63 Å². The molecule has 0 bridgehead atoms. The molecule has 3 heteroatoms. The summed E-state index contributed by atoms with van der Waals surface area (Å²) in [4.78, 5) is 0. The fourth-order valence-electron chi connectivity index (χ4n) is 6.75. The van der Waals surface area contributed by atoms with Crippen molar-refractivity contribution in [1.82, 2.24) is 0 Å². The molecular weight excluding hydrogens is 571 g/mol. The number of benzene rings is 2. The molecule has 0 aromatic heterocycles. The van der Waals surface area contributed by atoms with Crippen LogP contribution >= 0.6 is 0 Å². The van der Waals surface area contributed by atoms with E-state index in [-0.39, 0.29) is 46.5 Å². The molecule has 0 amide bonds. The average molecular weight is 614 g/mol. The van der Waals surface area contributed by atoms with E-state index in [1.165, 1.54) is 35.1 Å². The molecule has 0 aliphatic heterocycles. The van der Waals surface area contributed by atoms with Crippen LogP contribution in [0.5, 0.6) is 0 Å². The predicted octanol–water partition coefficient (Wildman–Crippen LogP) is 3.82. The van der Waals surface area contributed by atoms with Gasteiger partial charge in [0.15, 0.2) is 0 Å². The van der Waals surface area contributed by atoms with Gasteiger partial charge in [0.2, 0.25) is 0 Å². The third-order valence-corrected chi connectivity index (χ3v) is 10.4. The van der Waals surface area contributed by atoms with Gasteiger partial charge in [0.05, 0.1) is 0 Å². The van der Waals surface area contributed by atoms with Crippen molar-refractivity contribution >= 4 is 0 Å². The first-order chi connectivity index (χ1) is 16.0. The Morgan fingerprint density at radius 2 is 1.19 bits per heavy atom. The second kappa shape index (κ2) is 9.78. The maximum absolute atomic E-state index is 2.64. The molecular formula is C34H43Cl2Zr. The number of rotatable bonds is 1. The van der Waals surface area contributed by atoms with E-state index in [2.05, 4.69) is 112 Å². The Balaban J connectivity index is 0.00000190. The van der Waals surface area contributed by atoms with Gasteiger partial charge in [-0.15, -0.1) is 0 Å². The summed E-state index contributed by atoms with van der Waals surface area (Å²) in [5, 5.41) is 0. The summed E-state index contributed by atoms with van der Waals surface area (Å²) in [6.07, 6.45) is 5.12. The van der Waals surface area contributed by atoms with E-state index < -0.39 is 0 Å². The quantitative estimate of drug-likeness (QED) is 0.459. The summed E-state index contributed by atoms with van der Waals surface area (Å²) in [6.45, 7) is 23.9. The molecule has 2 unspecified atom stereocenters. The molecule has 0 N–H and O–H groups in total. The first-order valence-electron chi connectivity index (χ1n) is 13.5. The Kier molecular flexibility index (Phi) is 8.18. The van der Waals surface area contributed by atoms with E-state index in [4.69, 9.17) is 0 Å². The van der Waals surface area contributed by atoms with Gasteiger partial charge in [0, 0.05) is 0 Å². The molecule has 3 aliphatic carbocycles. The van der Waals surface area contributed by atoms with E-state index in [9.17, 15) is 0 Å². The van der Waals surface area contributed by atoms with E-state index in [1.54, 1.807) is 52.6 Å². The number of hydrogen-bond donors (Lipinski definition) is 0. The summed E-state index contributed by atoms with van der Waals surface area (Å²) in [7, 11) is 0. The summed E-state index contributed by atoms with van der Waals surface area (Å²) in [6, 6.07) is 14.8. The fraction of sp³-hybridized carbons (Fsp3) is 0.529. The molecule has 0 radical (unpaired) electrons. The van der Waals surface area contributed by atoms with Crippen molar-refractivity contribution in [3.63, 3.8) is 0 Å². The van der Waals surface area contributed by atoms with Crippen LogP contribution < -0.4 is 24.8 Å². The molecule has 197 valence electrons. The second-order valence-corrected chi connectivity index (χ2v) is 16.5. The van der Waals surface area contributed by atoms with E-state index >= 15 is 0 Å². The zero-order chi connectivity index (χ0) is 25.7. The minimum absolute atomic E-state index is 0. The minimum atomic E-state index is 0. The molecule has 0 saturated carbocycles. The first-order valence-corrected chi connectivity index (χ1v) is 14.9. The maximum Gasteiger partial charge on any atom is -1.00 e. The number of allylic oxidation sites excluding steroid dienone is 4. The van der Waals surface area contributed by atoms with Crippen LogP contribution in [0, 0.1) is 10.8 Å². The summed E-state index contributed by atoms with van der Waals surface area (Å²) in [5.74, 6) is 0.420. The average Bonchev–Trinajstić information content (AvgIpc) is 3.37. The Hall–Kier alpha value is -0.617. The number of halogens is 2. The Labute approximate surface area is 253 Å². The van der Waals surface area contributed by atoms with Crippen LogP contribution in [0.4, 0.5) is 0 Å². The Morgan fingerprint density at radius 3 is 1.59 bits per heavy atom. The molecule has 5 rings (SSSR count).